The highest BCUT2D eigenvalue weighted by Crippen LogP contribution is 2.15. The van der Waals surface area contributed by atoms with Gasteiger partial charge in [0.15, 0.2) is 0 Å². The second-order valence-electron chi connectivity index (χ2n) is 2.82. The number of hydrogen-bond donors (Lipinski definition) is 1. The highest BCUT2D eigenvalue weighted by Gasteiger charge is 2.10. The summed E-state index contributed by atoms with van der Waals surface area (Å²) in [7, 11) is 0. The van der Waals surface area contributed by atoms with Crippen LogP contribution in [0.25, 0.3) is 0 Å². The topological polar surface area (TPSA) is 38.3 Å². The maximum Gasteiger partial charge on any atom is 0.340 e. The van der Waals surface area contributed by atoms with Crippen molar-refractivity contribution in [3.63, 3.8) is 0 Å². The van der Waals surface area contributed by atoms with Crippen LogP contribution in [0.4, 0.5) is 5.69 Å². The van der Waals surface area contributed by atoms with E-state index in [1.807, 2.05) is 6.07 Å². The number of carbonyl (C=O) groups is 1. The molecule has 0 aliphatic carbocycles. The maximum atomic E-state index is 11.5. The van der Waals surface area contributed by atoms with Gasteiger partial charge >= 0.3 is 5.97 Å². The number of rotatable bonds is 4. The molecule has 0 amide bonds. The largest absolute Gasteiger partial charge is 0.462 e. The van der Waals surface area contributed by atoms with Gasteiger partial charge in [0, 0.05) is 5.69 Å². The molecule has 0 unspecified atom stereocenters. The van der Waals surface area contributed by atoms with Crippen LogP contribution in [0.1, 0.15) is 17.3 Å². The van der Waals surface area contributed by atoms with Crippen molar-refractivity contribution in [1.29, 1.82) is 0 Å². The predicted molar refractivity (Wildman–Crippen MR) is 59.7 cm³/mol. The third-order valence-corrected chi connectivity index (χ3v) is 1.80. The summed E-state index contributed by atoms with van der Waals surface area (Å²) in [6, 6.07) is 7.12. The van der Waals surface area contributed by atoms with Crippen LogP contribution in [0.15, 0.2) is 24.3 Å². The van der Waals surface area contributed by atoms with Gasteiger partial charge in [0.1, 0.15) is 0 Å². The van der Waals surface area contributed by atoms with Crippen molar-refractivity contribution in [1.82, 2.24) is 0 Å². The van der Waals surface area contributed by atoms with Crippen LogP contribution in [0.2, 0.25) is 0 Å². The summed E-state index contributed by atoms with van der Waals surface area (Å²) in [5.74, 6) is 2.12. The molecular formula is C12H13NO2. The summed E-state index contributed by atoms with van der Waals surface area (Å²) in [5, 5.41) is 2.97. The van der Waals surface area contributed by atoms with Gasteiger partial charge in [-0.3, -0.25) is 0 Å². The van der Waals surface area contributed by atoms with E-state index in [0.29, 0.717) is 24.4 Å². The van der Waals surface area contributed by atoms with Gasteiger partial charge in [0.05, 0.1) is 18.7 Å². The molecule has 15 heavy (non-hydrogen) atoms. The number of ether oxygens (including phenoxy) is 1. The second-order valence-corrected chi connectivity index (χ2v) is 2.82. The molecule has 78 valence electrons. The lowest BCUT2D eigenvalue weighted by Crippen LogP contribution is -2.09. The van der Waals surface area contributed by atoms with Crippen LogP contribution in [-0.4, -0.2) is 19.1 Å². The van der Waals surface area contributed by atoms with Gasteiger partial charge in [0.2, 0.25) is 0 Å². The molecule has 0 heterocycles. The fourth-order valence-corrected chi connectivity index (χ4v) is 1.17. The molecule has 0 bridgehead atoms. The minimum atomic E-state index is -0.336. The van der Waals surface area contributed by atoms with Crippen molar-refractivity contribution in [3.05, 3.63) is 29.8 Å². The Morgan fingerprint density at radius 3 is 2.93 bits per heavy atom. The second kappa shape index (κ2) is 5.71. The molecular weight excluding hydrogens is 190 g/mol. The standard InChI is InChI=1S/C12H13NO2/c1-3-9-13-11-8-6-5-7-10(11)12(14)15-4-2/h1,5-8,13H,4,9H2,2H3. The SMILES string of the molecule is C#CCNc1ccccc1C(=O)OCC. The van der Waals surface area contributed by atoms with E-state index in [1.165, 1.54) is 0 Å². The molecule has 1 rings (SSSR count). The number of anilines is 1. The molecule has 0 radical (unpaired) electrons. The Balaban J connectivity index is 2.86. The summed E-state index contributed by atoms with van der Waals surface area (Å²) in [5.41, 5.74) is 1.21. The van der Waals surface area contributed by atoms with Crippen molar-refractivity contribution in [2.75, 3.05) is 18.5 Å². The third-order valence-electron chi connectivity index (χ3n) is 1.80. The van der Waals surface area contributed by atoms with E-state index >= 15 is 0 Å². The van der Waals surface area contributed by atoms with E-state index in [-0.39, 0.29) is 5.97 Å². The molecule has 0 saturated carbocycles. The zero-order chi connectivity index (χ0) is 11.1. The lowest BCUT2D eigenvalue weighted by Gasteiger charge is -2.08. The Hall–Kier alpha value is -1.95. The molecule has 0 atom stereocenters. The number of hydrogen-bond acceptors (Lipinski definition) is 3. The first-order valence-electron chi connectivity index (χ1n) is 4.73. The van der Waals surface area contributed by atoms with Gasteiger partial charge in [-0.15, -0.1) is 6.42 Å². The zero-order valence-electron chi connectivity index (χ0n) is 8.62. The first-order valence-corrected chi connectivity index (χ1v) is 4.73. The average molecular weight is 203 g/mol. The van der Waals surface area contributed by atoms with Crippen LogP contribution >= 0.6 is 0 Å². The maximum absolute atomic E-state index is 11.5. The lowest BCUT2D eigenvalue weighted by molar-refractivity contribution is 0.0527. The van der Waals surface area contributed by atoms with Gasteiger partial charge in [-0.25, -0.2) is 4.79 Å². The molecule has 0 aromatic heterocycles. The summed E-state index contributed by atoms with van der Waals surface area (Å²) in [6.07, 6.45) is 5.13. The summed E-state index contributed by atoms with van der Waals surface area (Å²) in [4.78, 5) is 11.5. The van der Waals surface area contributed by atoms with Crippen molar-refractivity contribution in [2.24, 2.45) is 0 Å². The minimum Gasteiger partial charge on any atom is -0.462 e. The molecule has 0 fully saturated rings. The Bertz CT molecular complexity index is 379. The van der Waals surface area contributed by atoms with Crippen LogP contribution in [0.3, 0.4) is 0 Å². The number of terminal acetylenes is 1. The Morgan fingerprint density at radius 2 is 2.27 bits per heavy atom. The summed E-state index contributed by atoms with van der Waals surface area (Å²) in [6.45, 7) is 2.52. The third kappa shape index (κ3) is 3.03. The van der Waals surface area contributed by atoms with Gasteiger partial charge < -0.3 is 10.1 Å². The average Bonchev–Trinajstić information content (AvgIpc) is 2.27. The van der Waals surface area contributed by atoms with Gasteiger partial charge in [-0.1, -0.05) is 18.1 Å². The number of esters is 1. The van der Waals surface area contributed by atoms with Crippen LogP contribution < -0.4 is 5.32 Å². The molecule has 0 aliphatic heterocycles. The smallest absolute Gasteiger partial charge is 0.340 e. The predicted octanol–water partition coefficient (Wildman–Crippen LogP) is 1.91. The normalized spacial score (nSPS) is 9.07. The van der Waals surface area contributed by atoms with Gasteiger partial charge in [-0.05, 0) is 19.1 Å². The highest BCUT2D eigenvalue weighted by atomic mass is 16.5. The van der Waals surface area contributed by atoms with E-state index in [4.69, 9.17) is 11.2 Å². The van der Waals surface area contributed by atoms with Crippen LogP contribution in [0.5, 0.6) is 0 Å². The van der Waals surface area contributed by atoms with Gasteiger partial charge in [0.25, 0.3) is 0 Å². The van der Waals surface area contributed by atoms with Crippen molar-refractivity contribution in [2.45, 2.75) is 6.92 Å². The molecule has 0 aliphatic rings. The van der Waals surface area contributed by atoms with E-state index in [0.717, 1.165) is 0 Å². The Morgan fingerprint density at radius 1 is 1.53 bits per heavy atom. The Kier molecular flexibility index (Phi) is 4.24. The van der Waals surface area contributed by atoms with Crippen molar-refractivity contribution >= 4 is 11.7 Å². The number of carbonyl (C=O) groups excluding carboxylic acids is 1. The quantitative estimate of drug-likeness (QED) is 0.600. The molecule has 1 N–H and O–H groups in total. The van der Waals surface area contributed by atoms with E-state index in [9.17, 15) is 4.79 Å². The van der Waals surface area contributed by atoms with Crippen molar-refractivity contribution < 1.29 is 9.53 Å². The lowest BCUT2D eigenvalue weighted by atomic mass is 10.2. The monoisotopic (exact) mass is 203 g/mol. The van der Waals surface area contributed by atoms with E-state index < -0.39 is 0 Å². The fourth-order valence-electron chi connectivity index (χ4n) is 1.17. The number of nitrogens with one attached hydrogen (secondary N) is 1. The summed E-state index contributed by atoms with van der Waals surface area (Å²) < 4.78 is 4.92. The number of para-hydroxylation sites is 1. The first-order chi connectivity index (χ1) is 7.29. The van der Waals surface area contributed by atoms with E-state index in [1.54, 1.807) is 25.1 Å². The van der Waals surface area contributed by atoms with Crippen LogP contribution in [-0.2, 0) is 4.74 Å². The highest BCUT2D eigenvalue weighted by molar-refractivity contribution is 5.95. The van der Waals surface area contributed by atoms with E-state index in [2.05, 4.69) is 11.2 Å². The first kappa shape index (κ1) is 11.1. The molecule has 3 nitrogen and oxygen atoms in total. The Labute approximate surface area is 89.4 Å². The number of benzene rings is 1. The molecule has 1 aromatic carbocycles. The van der Waals surface area contributed by atoms with Crippen molar-refractivity contribution in [3.8, 4) is 12.3 Å². The molecule has 1 aromatic rings. The molecule has 3 heteroatoms. The fraction of sp³-hybridized carbons (Fsp3) is 0.250. The molecule has 0 saturated heterocycles. The molecule has 0 spiro atoms. The zero-order valence-corrected chi connectivity index (χ0v) is 8.62. The minimum absolute atomic E-state index is 0.336. The van der Waals surface area contributed by atoms with Gasteiger partial charge in [-0.2, -0.15) is 0 Å². The summed E-state index contributed by atoms with van der Waals surface area (Å²) >= 11 is 0. The van der Waals surface area contributed by atoms with Crippen LogP contribution in [0, 0.1) is 12.3 Å².